The van der Waals surface area contributed by atoms with E-state index in [1.54, 1.807) is 13.0 Å². The van der Waals surface area contributed by atoms with Crippen molar-refractivity contribution in [1.82, 2.24) is 9.97 Å². The van der Waals surface area contributed by atoms with Crippen molar-refractivity contribution in [1.29, 1.82) is 0 Å². The Morgan fingerprint density at radius 1 is 1.03 bits per heavy atom. The van der Waals surface area contributed by atoms with E-state index in [4.69, 9.17) is 4.74 Å². The number of ether oxygens (including phenoxy) is 1. The molecule has 0 aliphatic rings. The number of benzene rings is 2. The molecular weight excluding hydrogens is 384 g/mol. The molecule has 0 saturated heterocycles. The quantitative estimate of drug-likeness (QED) is 0.492. The monoisotopic (exact) mass is 402 g/mol. The van der Waals surface area contributed by atoms with E-state index in [0.29, 0.717) is 26.5 Å². The van der Waals surface area contributed by atoms with E-state index < -0.39 is 5.97 Å². The zero-order valence-corrected chi connectivity index (χ0v) is 16.7. The summed E-state index contributed by atoms with van der Waals surface area (Å²) in [4.78, 5) is 32.5. The number of esters is 1. The number of hydrogen-bond donors (Lipinski definition) is 1. The van der Waals surface area contributed by atoms with Gasteiger partial charge in [-0.25, -0.2) is 9.78 Å². The van der Waals surface area contributed by atoms with Gasteiger partial charge >= 0.3 is 5.97 Å². The number of carbonyl (C=O) groups excluding carboxylic acids is 1. The zero-order valence-electron chi connectivity index (χ0n) is 15.9. The number of fused-ring (bicyclic) bond motifs is 1. The predicted molar refractivity (Wildman–Crippen MR) is 117 cm³/mol. The highest BCUT2D eigenvalue weighted by molar-refractivity contribution is 7.20. The van der Waals surface area contributed by atoms with Crippen LogP contribution in [-0.4, -0.2) is 23.0 Å². The van der Waals surface area contributed by atoms with Gasteiger partial charge in [0.1, 0.15) is 15.5 Å². The zero-order chi connectivity index (χ0) is 20.4. The van der Waals surface area contributed by atoms with Gasteiger partial charge in [0.25, 0.3) is 5.56 Å². The molecule has 0 aliphatic carbocycles. The first-order chi connectivity index (χ1) is 14.1. The molecule has 5 nitrogen and oxygen atoms in total. The van der Waals surface area contributed by atoms with Gasteiger partial charge in [-0.2, -0.15) is 0 Å². The van der Waals surface area contributed by atoms with Crippen molar-refractivity contribution in [2.45, 2.75) is 6.92 Å². The fraction of sp³-hybridized carbons (Fsp3) is 0.0870. The molecule has 4 rings (SSSR count). The van der Waals surface area contributed by atoms with Crippen LogP contribution in [0.1, 0.15) is 26.6 Å². The summed E-state index contributed by atoms with van der Waals surface area (Å²) < 4.78 is 4.78. The molecule has 2 aromatic heterocycles. The fourth-order valence-corrected chi connectivity index (χ4v) is 4.23. The summed E-state index contributed by atoms with van der Waals surface area (Å²) in [5, 5.41) is 0.430. The minimum atomic E-state index is -0.458. The number of thiophene rings is 1. The van der Waals surface area contributed by atoms with Crippen LogP contribution in [0.2, 0.25) is 0 Å². The Labute approximate surface area is 171 Å². The molecule has 0 spiro atoms. The summed E-state index contributed by atoms with van der Waals surface area (Å²) in [6, 6.07) is 18.3. The minimum absolute atomic E-state index is 0.266. The molecule has 0 amide bonds. The van der Waals surface area contributed by atoms with Crippen LogP contribution < -0.4 is 5.56 Å². The molecule has 6 heteroatoms. The first kappa shape index (κ1) is 18.8. The highest BCUT2D eigenvalue weighted by atomic mass is 32.1. The molecule has 0 fully saturated rings. The summed E-state index contributed by atoms with van der Waals surface area (Å²) in [7, 11) is 1.32. The Morgan fingerprint density at radius 3 is 2.41 bits per heavy atom. The fourth-order valence-electron chi connectivity index (χ4n) is 3.12. The lowest BCUT2D eigenvalue weighted by molar-refractivity contribution is 0.0605. The third-order valence-corrected chi connectivity index (χ3v) is 5.81. The molecule has 0 aliphatic heterocycles. The Hall–Kier alpha value is -3.51. The van der Waals surface area contributed by atoms with Gasteiger partial charge in [0.15, 0.2) is 0 Å². The lowest BCUT2D eigenvalue weighted by Crippen LogP contribution is -2.09. The first-order valence-corrected chi connectivity index (χ1v) is 9.84. The third-order valence-electron chi connectivity index (χ3n) is 4.64. The summed E-state index contributed by atoms with van der Waals surface area (Å²) in [5.74, 6) is -0.0206. The van der Waals surface area contributed by atoms with E-state index in [1.807, 2.05) is 36.4 Å². The second kappa shape index (κ2) is 7.85. The van der Waals surface area contributed by atoms with Crippen LogP contribution in [0, 0.1) is 6.92 Å². The highest BCUT2D eigenvalue weighted by Crippen LogP contribution is 2.27. The van der Waals surface area contributed by atoms with Gasteiger partial charge in [-0.3, -0.25) is 4.79 Å². The maximum atomic E-state index is 12.5. The number of carbonyl (C=O) groups is 1. The number of hydrogen-bond acceptors (Lipinski definition) is 5. The van der Waals surface area contributed by atoms with Crippen molar-refractivity contribution in [3.05, 3.63) is 86.8 Å². The minimum Gasteiger partial charge on any atom is -0.465 e. The molecule has 29 heavy (non-hydrogen) atoms. The Bertz CT molecular complexity index is 1270. The van der Waals surface area contributed by atoms with Crippen molar-refractivity contribution in [2.24, 2.45) is 0 Å². The van der Waals surface area contributed by atoms with Crippen LogP contribution in [0.15, 0.2) is 59.4 Å². The van der Waals surface area contributed by atoms with Gasteiger partial charge in [-0.05, 0) is 35.3 Å². The maximum Gasteiger partial charge on any atom is 0.348 e. The summed E-state index contributed by atoms with van der Waals surface area (Å²) >= 11 is 1.17. The highest BCUT2D eigenvalue weighted by Gasteiger charge is 2.19. The Balaban J connectivity index is 1.63. The molecule has 0 bridgehead atoms. The molecule has 2 heterocycles. The lowest BCUT2D eigenvalue weighted by atomic mass is 10.0. The molecule has 0 unspecified atom stereocenters. The molecule has 0 saturated carbocycles. The van der Waals surface area contributed by atoms with E-state index in [1.165, 1.54) is 18.4 Å². The smallest absolute Gasteiger partial charge is 0.348 e. The van der Waals surface area contributed by atoms with Gasteiger partial charge in [0.05, 0.1) is 12.5 Å². The second-order valence-corrected chi connectivity index (χ2v) is 7.50. The van der Waals surface area contributed by atoms with Crippen molar-refractivity contribution < 1.29 is 9.53 Å². The molecule has 1 N–H and O–H groups in total. The van der Waals surface area contributed by atoms with Crippen LogP contribution in [0.5, 0.6) is 0 Å². The number of aromatic nitrogens is 2. The number of H-pyrrole nitrogens is 1. The Morgan fingerprint density at radius 2 is 1.72 bits per heavy atom. The van der Waals surface area contributed by atoms with E-state index in [-0.39, 0.29) is 5.56 Å². The van der Waals surface area contributed by atoms with Crippen LogP contribution in [0.25, 0.3) is 33.5 Å². The molecule has 2 aromatic carbocycles. The molecule has 0 radical (unpaired) electrons. The van der Waals surface area contributed by atoms with Crippen molar-refractivity contribution >= 4 is 39.7 Å². The molecule has 4 aromatic rings. The van der Waals surface area contributed by atoms with E-state index in [0.717, 1.165) is 16.7 Å². The summed E-state index contributed by atoms with van der Waals surface area (Å²) in [6.07, 6.45) is 3.64. The average Bonchev–Trinajstić information content (AvgIpc) is 3.09. The van der Waals surface area contributed by atoms with E-state index in [2.05, 4.69) is 34.2 Å². The molecule has 0 atom stereocenters. The van der Waals surface area contributed by atoms with Crippen molar-refractivity contribution in [3.63, 3.8) is 0 Å². The van der Waals surface area contributed by atoms with Crippen molar-refractivity contribution in [3.8, 4) is 11.1 Å². The van der Waals surface area contributed by atoms with Gasteiger partial charge in [-0.1, -0.05) is 60.7 Å². The molecule has 144 valence electrons. The average molecular weight is 402 g/mol. The van der Waals surface area contributed by atoms with Crippen molar-refractivity contribution in [2.75, 3.05) is 7.11 Å². The number of aryl methyl sites for hydroxylation is 1. The van der Waals surface area contributed by atoms with E-state index >= 15 is 0 Å². The summed E-state index contributed by atoms with van der Waals surface area (Å²) in [5.41, 5.74) is 3.62. The van der Waals surface area contributed by atoms with Gasteiger partial charge in [0, 0.05) is 0 Å². The Kier molecular flexibility index (Phi) is 5.10. The maximum absolute atomic E-state index is 12.5. The third kappa shape index (κ3) is 3.75. The van der Waals surface area contributed by atoms with E-state index in [9.17, 15) is 9.59 Å². The van der Waals surface area contributed by atoms with Gasteiger partial charge in [-0.15, -0.1) is 11.3 Å². The standard InChI is InChI=1S/C23H18N2O3S/c1-14-19-21(26)24-18(25-22(19)29-20(14)23(27)28-2)13-10-15-8-11-17(12-9-15)16-6-4-3-5-7-16/h3-13H,1-2H3,(H,24,25,26)/b13-10+. The SMILES string of the molecule is COC(=O)c1sc2nc(/C=C/c3ccc(-c4ccccc4)cc3)[nH]c(=O)c2c1C. The lowest BCUT2D eigenvalue weighted by Gasteiger charge is -2.02. The largest absolute Gasteiger partial charge is 0.465 e. The topological polar surface area (TPSA) is 72.0 Å². The van der Waals surface area contributed by atoms with Crippen LogP contribution >= 0.6 is 11.3 Å². The van der Waals surface area contributed by atoms with Crippen LogP contribution in [0.4, 0.5) is 0 Å². The molecular formula is C23H18N2O3S. The number of aromatic amines is 1. The predicted octanol–water partition coefficient (Wildman–Crippen LogP) is 4.92. The van der Waals surface area contributed by atoms with Gasteiger partial charge < -0.3 is 9.72 Å². The number of nitrogens with zero attached hydrogens (tertiary/aromatic N) is 1. The van der Waals surface area contributed by atoms with Gasteiger partial charge in [0.2, 0.25) is 0 Å². The first-order valence-electron chi connectivity index (χ1n) is 9.02. The number of nitrogens with one attached hydrogen (secondary N) is 1. The second-order valence-electron chi connectivity index (χ2n) is 6.50. The normalized spacial score (nSPS) is 11.2. The van der Waals surface area contributed by atoms with Crippen LogP contribution in [0.3, 0.4) is 0 Å². The number of rotatable bonds is 4. The number of methoxy groups -OCH3 is 1. The summed E-state index contributed by atoms with van der Waals surface area (Å²) in [6.45, 7) is 1.73. The van der Waals surface area contributed by atoms with Crippen LogP contribution in [-0.2, 0) is 4.74 Å².